The number of fused-ring (bicyclic) bond motifs is 3. The van der Waals surface area contributed by atoms with Crippen molar-refractivity contribution < 1.29 is 0 Å². The van der Waals surface area contributed by atoms with Gasteiger partial charge in [0.15, 0.2) is 0 Å². The average Bonchev–Trinajstić information content (AvgIpc) is 3.40. The maximum Gasteiger partial charge on any atom is 0.0496 e. The van der Waals surface area contributed by atoms with Gasteiger partial charge in [-0.1, -0.05) is 147 Å². The molecule has 4 bridgehead atoms. The highest BCUT2D eigenvalue weighted by atomic mass is 15.1. The molecule has 7 aromatic rings. The second-order valence-electron chi connectivity index (χ2n) is 14.5. The van der Waals surface area contributed by atoms with E-state index in [1.54, 1.807) is 0 Å². The Kier molecular flexibility index (Phi) is 7.50. The molecule has 5 aliphatic rings. The van der Waals surface area contributed by atoms with E-state index in [1.807, 2.05) is 0 Å². The Bertz CT molecular complexity index is 2310. The van der Waals surface area contributed by atoms with Gasteiger partial charge in [-0.2, -0.15) is 0 Å². The number of hydrogen-bond donors (Lipinski definition) is 0. The fourth-order valence-corrected chi connectivity index (χ4v) is 8.26. The number of aryl methyl sites for hydroxylation is 4. The molecule has 1 nitrogen and oxygen atoms in total. The van der Waals surface area contributed by atoms with Gasteiger partial charge in [0.05, 0.1) is 0 Å². The topological polar surface area (TPSA) is 3.24 Å². The van der Waals surface area contributed by atoms with Crippen LogP contribution >= 0.6 is 0 Å². The molecule has 0 saturated carbocycles. The number of rotatable bonds is 5. The number of anilines is 3. The number of hydrogen-bond acceptors (Lipinski definition) is 1. The van der Waals surface area contributed by atoms with Crippen molar-refractivity contribution in [3.63, 3.8) is 0 Å². The van der Waals surface area contributed by atoms with Crippen LogP contribution in [0.3, 0.4) is 0 Å². The van der Waals surface area contributed by atoms with Crippen LogP contribution in [-0.2, 0) is 31.1 Å². The van der Waals surface area contributed by atoms with E-state index in [1.165, 1.54) is 83.8 Å². The van der Waals surface area contributed by atoms with E-state index in [2.05, 4.69) is 183 Å². The summed E-state index contributed by atoms with van der Waals surface area (Å²) in [4.78, 5) is 2.55. The van der Waals surface area contributed by atoms with E-state index in [4.69, 9.17) is 0 Å². The molecule has 242 valence electrons. The number of nitrogens with zero attached hydrogens (tertiary/aromatic N) is 1. The van der Waals surface area contributed by atoms with Crippen LogP contribution in [0.25, 0.3) is 33.4 Å². The highest BCUT2D eigenvalue weighted by Gasteiger charge is 2.38. The van der Waals surface area contributed by atoms with E-state index >= 15 is 0 Å². The molecule has 7 aromatic carbocycles. The van der Waals surface area contributed by atoms with Crippen LogP contribution in [0.1, 0.15) is 47.2 Å². The van der Waals surface area contributed by atoms with Crippen LogP contribution in [-0.4, -0.2) is 0 Å². The summed E-state index contributed by atoms with van der Waals surface area (Å²) in [5.41, 5.74) is 19.5. The molecule has 0 saturated heterocycles. The first-order valence-corrected chi connectivity index (χ1v) is 18.0. The molecule has 5 aliphatic carbocycles. The lowest BCUT2D eigenvalue weighted by Crippen LogP contribution is -2.18. The fourth-order valence-electron chi connectivity index (χ4n) is 8.26. The summed E-state index contributed by atoms with van der Waals surface area (Å²) in [6.07, 6.45) is 4.03. The van der Waals surface area contributed by atoms with E-state index in [9.17, 15) is 0 Å². The Morgan fingerprint density at radius 2 is 1.00 bits per heavy atom. The lowest BCUT2D eigenvalue weighted by Gasteiger charge is -2.31. The Labute approximate surface area is 296 Å². The van der Waals surface area contributed by atoms with E-state index < -0.39 is 0 Å². The normalized spacial score (nSPS) is 14.0. The first kappa shape index (κ1) is 30.4. The SMILES string of the molecule is CC1(C)c2ccccc2-c2c(-c3ccccc3)cc(N(c3ccc(-c4ccccc4)cc3)c3cc4ccc3CCc3ccc(cc3)CC4)cc21. The van der Waals surface area contributed by atoms with Gasteiger partial charge >= 0.3 is 0 Å². The number of benzene rings is 7. The molecule has 0 amide bonds. The van der Waals surface area contributed by atoms with E-state index in [0.717, 1.165) is 25.7 Å². The first-order chi connectivity index (χ1) is 24.5. The highest BCUT2D eigenvalue weighted by molar-refractivity contribution is 5.96. The predicted octanol–water partition coefficient (Wildman–Crippen LogP) is 12.7. The third kappa shape index (κ3) is 5.35. The fraction of sp³-hybridized carbons (Fsp3) is 0.143. The van der Waals surface area contributed by atoms with Crippen LogP contribution in [0.15, 0.2) is 164 Å². The smallest absolute Gasteiger partial charge is 0.0496 e. The van der Waals surface area contributed by atoms with E-state index in [-0.39, 0.29) is 5.41 Å². The molecule has 0 N–H and O–H groups in total. The molecular formula is C49H41N. The van der Waals surface area contributed by atoms with Crippen molar-refractivity contribution >= 4 is 17.1 Å². The van der Waals surface area contributed by atoms with Gasteiger partial charge < -0.3 is 4.90 Å². The minimum Gasteiger partial charge on any atom is -0.310 e. The predicted molar refractivity (Wildman–Crippen MR) is 211 cm³/mol. The lowest BCUT2D eigenvalue weighted by atomic mass is 9.81. The molecule has 0 unspecified atom stereocenters. The summed E-state index contributed by atoms with van der Waals surface area (Å²) in [5, 5.41) is 0. The molecule has 1 heteroatoms. The van der Waals surface area contributed by atoms with Crippen molar-refractivity contribution in [2.24, 2.45) is 0 Å². The summed E-state index contributed by atoms with van der Waals surface area (Å²) in [5.74, 6) is 0. The Morgan fingerprint density at radius 1 is 0.420 bits per heavy atom. The Hall–Kier alpha value is -5.66. The maximum atomic E-state index is 2.55. The molecule has 50 heavy (non-hydrogen) atoms. The standard InChI is InChI=1S/C49H41N/c1-49(2)45-16-10-9-15-43(45)48-44(39-13-7-4-8-14-39)32-42(33-46(48)49)50(41-29-27-38(28-30-41)37-11-5-3-6-12-37)47-31-36-22-21-34-17-19-35(20-18-34)23-25-40(47)26-24-36/h3-20,24,26-33H,21-23,25H2,1-2H3. The second-order valence-corrected chi connectivity index (χ2v) is 14.5. The summed E-state index contributed by atoms with van der Waals surface area (Å²) < 4.78 is 0. The quantitative estimate of drug-likeness (QED) is 0.180. The van der Waals surface area contributed by atoms with Gasteiger partial charge in [-0.05, 0) is 123 Å². The molecule has 12 rings (SSSR count). The summed E-state index contributed by atoms with van der Waals surface area (Å²) >= 11 is 0. The molecule has 0 spiro atoms. The summed E-state index contributed by atoms with van der Waals surface area (Å²) in [6, 6.07) is 61.4. The molecule has 0 aliphatic heterocycles. The molecule has 0 aromatic heterocycles. The zero-order chi connectivity index (χ0) is 33.7. The third-order valence-electron chi connectivity index (χ3n) is 11.0. The first-order valence-electron chi connectivity index (χ1n) is 18.0. The van der Waals surface area contributed by atoms with Crippen molar-refractivity contribution in [2.45, 2.75) is 44.9 Å². The van der Waals surface area contributed by atoms with Crippen molar-refractivity contribution in [2.75, 3.05) is 4.90 Å². The van der Waals surface area contributed by atoms with Gasteiger partial charge in [0.2, 0.25) is 0 Å². The van der Waals surface area contributed by atoms with Gasteiger partial charge in [0, 0.05) is 22.5 Å². The molecule has 0 radical (unpaired) electrons. The Morgan fingerprint density at radius 3 is 1.72 bits per heavy atom. The zero-order valence-electron chi connectivity index (χ0n) is 28.9. The van der Waals surface area contributed by atoms with Gasteiger partial charge in [-0.3, -0.25) is 0 Å². The van der Waals surface area contributed by atoms with Crippen molar-refractivity contribution in [1.82, 2.24) is 0 Å². The average molecular weight is 644 g/mol. The summed E-state index contributed by atoms with van der Waals surface area (Å²) in [6.45, 7) is 4.79. The maximum absolute atomic E-state index is 2.55. The van der Waals surface area contributed by atoms with Crippen LogP contribution in [0.5, 0.6) is 0 Å². The largest absolute Gasteiger partial charge is 0.310 e. The molecule has 0 atom stereocenters. The molecule has 0 heterocycles. The van der Waals surface area contributed by atoms with Gasteiger partial charge in [0.1, 0.15) is 0 Å². The van der Waals surface area contributed by atoms with Gasteiger partial charge in [-0.15, -0.1) is 0 Å². The van der Waals surface area contributed by atoms with E-state index in [0.29, 0.717) is 0 Å². The van der Waals surface area contributed by atoms with Crippen LogP contribution < -0.4 is 4.90 Å². The minimum absolute atomic E-state index is 0.137. The zero-order valence-corrected chi connectivity index (χ0v) is 28.9. The van der Waals surface area contributed by atoms with Crippen molar-refractivity contribution in [3.05, 3.63) is 197 Å². The van der Waals surface area contributed by atoms with Gasteiger partial charge in [-0.25, -0.2) is 0 Å². The monoisotopic (exact) mass is 643 g/mol. The second kappa shape index (κ2) is 12.3. The van der Waals surface area contributed by atoms with Gasteiger partial charge in [0.25, 0.3) is 0 Å². The van der Waals surface area contributed by atoms with Crippen molar-refractivity contribution in [3.8, 4) is 33.4 Å². The van der Waals surface area contributed by atoms with Crippen LogP contribution in [0, 0.1) is 0 Å². The van der Waals surface area contributed by atoms with Crippen molar-refractivity contribution in [1.29, 1.82) is 0 Å². The highest BCUT2D eigenvalue weighted by Crippen LogP contribution is 2.54. The molecular weight excluding hydrogens is 603 g/mol. The lowest BCUT2D eigenvalue weighted by molar-refractivity contribution is 0.660. The van der Waals surface area contributed by atoms with Crippen LogP contribution in [0.4, 0.5) is 17.1 Å². The van der Waals surface area contributed by atoms with Crippen LogP contribution in [0.2, 0.25) is 0 Å². The molecule has 0 fully saturated rings. The minimum atomic E-state index is -0.137. The Balaban J connectivity index is 1.28. The third-order valence-corrected chi connectivity index (χ3v) is 11.0. The summed E-state index contributed by atoms with van der Waals surface area (Å²) in [7, 11) is 0.